The molecular formula is C18H25N9O. The molecule has 2 aromatic rings. The van der Waals surface area contributed by atoms with Crippen molar-refractivity contribution in [2.24, 2.45) is 5.73 Å². The smallest absolute Gasteiger partial charge is 0.266 e. The molecule has 4 N–H and O–H groups in total. The highest BCUT2D eigenvalue weighted by Gasteiger charge is 2.38. The first kappa shape index (κ1) is 18.2. The zero-order valence-electron chi connectivity index (χ0n) is 16.1. The lowest BCUT2D eigenvalue weighted by molar-refractivity contribution is -0.114. The van der Waals surface area contributed by atoms with Gasteiger partial charge in [0.15, 0.2) is 11.6 Å². The van der Waals surface area contributed by atoms with E-state index in [9.17, 15) is 4.79 Å². The zero-order chi connectivity index (χ0) is 19.7. The summed E-state index contributed by atoms with van der Waals surface area (Å²) in [5.41, 5.74) is 6.45. The second kappa shape index (κ2) is 7.45. The molecule has 2 aromatic heterocycles. The van der Waals surface area contributed by atoms with Gasteiger partial charge in [0.2, 0.25) is 5.95 Å². The number of carbonyl (C=O) groups excluding carboxylic acids is 1. The number of rotatable bonds is 6. The molecule has 0 bridgehead atoms. The number of carbonyl (C=O) groups is 1. The van der Waals surface area contributed by atoms with Crippen LogP contribution >= 0.6 is 0 Å². The van der Waals surface area contributed by atoms with Gasteiger partial charge in [-0.25, -0.2) is 4.98 Å². The Balaban J connectivity index is 1.76. The van der Waals surface area contributed by atoms with Gasteiger partial charge < -0.3 is 21.3 Å². The van der Waals surface area contributed by atoms with Crippen LogP contribution in [0, 0.1) is 0 Å². The molecule has 0 unspecified atom stereocenters. The van der Waals surface area contributed by atoms with Crippen LogP contribution in [0.25, 0.3) is 5.69 Å². The molecule has 0 aromatic carbocycles. The number of aromatic nitrogens is 5. The summed E-state index contributed by atoms with van der Waals surface area (Å²) < 4.78 is 1.97. The van der Waals surface area contributed by atoms with Crippen LogP contribution in [0.4, 0.5) is 11.8 Å². The number of amides is 1. The van der Waals surface area contributed by atoms with Crippen molar-refractivity contribution in [2.75, 3.05) is 17.3 Å². The highest BCUT2D eigenvalue weighted by Crippen LogP contribution is 2.42. The van der Waals surface area contributed by atoms with E-state index in [0.29, 0.717) is 12.0 Å². The second-order valence-corrected chi connectivity index (χ2v) is 7.05. The number of nitrogens with two attached hydrogens (primary N) is 1. The SMILES string of the molecule is CC[C@@H]1c2nncn2-c2cnc(N/C=C(\NC)C(N)=O)nc2N1C1CCCC1. The van der Waals surface area contributed by atoms with Crippen molar-refractivity contribution in [3.05, 3.63) is 30.2 Å². The monoisotopic (exact) mass is 383 g/mol. The summed E-state index contributed by atoms with van der Waals surface area (Å²) in [6.45, 7) is 2.16. The summed E-state index contributed by atoms with van der Waals surface area (Å²) in [5.74, 6) is 1.64. The van der Waals surface area contributed by atoms with Crippen molar-refractivity contribution in [3.8, 4) is 5.69 Å². The van der Waals surface area contributed by atoms with Crippen LogP contribution in [0.1, 0.15) is 50.9 Å². The molecule has 1 aliphatic carbocycles. The van der Waals surface area contributed by atoms with E-state index >= 15 is 0 Å². The van der Waals surface area contributed by atoms with Gasteiger partial charge >= 0.3 is 0 Å². The minimum Gasteiger partial charge on any atom is -0.382 e. The van der Waals surface area contributed by atoms with Crippen LogP contribution in [0.3, 0.4) is 0 Å². The Kier molecular flexibility index (Phi) is 4.84. The standard InChI is InChI=1S/C18H25N9O/c1-3-13-17-25-23-10-26(17)14-9-22-18(21-8-12(20-2)15(19)28)24-16(14)27(13)11-6-4-5-7-11/h8-11,13,20H,3-7H2,1-2H3,(H2,19,28)(H,21,22,24)/b12-8-/t13-/m1/s1. The summed E-state index contributed by atoms with van der Waals surface area (Å²) in [5, 5.41) is 14.2. The number of nitrogens with zero attached hydrogens (tertiary/aromatic N) is 6. The van der Waals surface area contributed by atoms with Gasteiger partial charge in [0.05, 0.1) is 12.2 Å². The molecule has 1 saturated carbocycles. The third-order valence-electron chi connectivity index (χ3n) is 5.45. The molecule has 1 atom stereocenters. The molecule has 1 amide bonds. The zero-order valence-corrected chi connectivity index (χ0v) is 16.1. The molecule has 10 heteroatoms. The number of hydrogen-bond donors (Lipinski definition) is 3. The van der Waals surface area contributed by atoms with E-state index in [0.717, 1.165) is 36.6 Å². The Morgan fingerprint density at radius 2 is 2.18 bits per heavy atom. The van der Waals surface area contributed by atoms with Crippen molar-refractivity contribution in [1.29, 1.82) is 0 Å². The molecule has 28 heavy (non-hydrogen) atoms. The van der Waals surface area contributed by atoms with Crippen LogP contribution in [0.2, 0.25) is 0 Å². The number of anilines is 2. The van der Waals surface area contributed by atoms with Crippen molar-refractivity contribution < 1.29 is 4.79 Å². The Hall–Kier alpha value is -3.17. The normalized spacial score (nSPS) is 19.3. The number of fused-ring (bicyclic) bond motifs is 3. The minimum absolute atomic E-state index is 0.120. The van der Waals surface area contributed by atoms with E-state index in [1.165, 1.54) is 19.0 Å². The third kappa shape index (κ3) is 3.04. The Labute approximate surface area is 163 Å². The van der Waals surface area contributed by atoms with Gasteiger partial charge in [-0.2, -0.15) is 4.98 Å². The first-order chi connectivity index (χ1) is 13.6. The molecule has 2 aliphatic rings. The Bertz CT molecular complexity index is 900. The third-order valence-corrected chi connectivity index (χ3v) is 5.45. The van der Waals surface area contributed by atoms with Crippen LogP contribution in [-0.2, 0) is 4.79 Å². The van der Waals surface area contributed by atoms with E-state index in [-0.39, 0.29) is 11.7 Å². The van der Waals surface area contributed by atoms with Gasteiger partial charge in [-0.15, -0.1) is 10.2 Å². The molecule has 3 heterocycles. The molecule has 1 fully saturated rings. The van der Waals surface area contributed by atoms with E-state index in [1.807, 2.05) is 4.57 Å². The van der Waals surface area contributed by atoms with E-state index in [2.05, 4.69) is 37.6 Å². The largest absolute Gasteiger partial charge is 0.382 e. The molecular weight excluding hydrogens is 358 g/mol. The number of nitrogens with one attached hydrogen (secondary N) is 2. The van der Waals surface area contributed by atoms with Crippen molar-refractivity contribution in [2.45, 2.75) is 51.1 Å². The maximum atomic E-state index is 11.4. The average molecular weight is 383 g/mol. The Morgan fingerprint density at radius 3 is 2.86 bits per heavy atom. The number of hydrogen-bond acceptors (Lipinski definition) is 8. The van der Waals surface area contributed by atoms with Crippen LogP contribution in [0.15, 0.2) is 24.4 Å². The fourth-order valence-electron chi connectivity index (χ4n) is 4.12. The van der Waals surface area contributed by atoms with Gasteiger partial charge in [0.25, 0.3) is 5.91 Å². The minimum atomic E-state index is -0.555. The first-order valence-corrected chi connectivity index (χ1v) is 9.64. The lowest BCUT2D eigenvalue weighted by atomic mass is 10.0. The average Bonchev–Trinajstić information content (AvgIpc) is 3.38. The molecule has 148 valence electrons. The highest BCUT2D eigenvalue weighted by molar-refractivity contribution is 5.91. The summed E-state index contributed by atoms with van der Waals surface area (Å²) in [6, 6.07) is 0.542. The fraction of sp³-hybridized carbons (Fsp3) is 0.500. The van der Waals surface area contributed by atoms with Crippen LogP contribution < -0.4 is 21.3 Å². The highest BCUT2D eigenvalue weighted by atomic mass is 16.1. The van der Waals surface area contributed by atoms with E-state index in [4.69, 9.17) is 10.7 Å². The first-order valence-electron chi connectivity index (χ1n) is 9.64. The lowest BCUT2D eigenvalue weighted by Crippen LogP contribution is -2.42. The summed E-state index contributed by atoms with van der Waals surface area (Å²) in [7, 11) is 1.63. The maximum Gasteiger partial charge on any atom is 0.266 e. The summed E-state index contributed by atoms with van der Waals surface area (Å²) >= 11 is 0. The number of primary amides is 1. The Morgan fingerprint density at radius 1 is 1.39 bits per heavy atom. The van der Waals surface area contributed by atoms with Crippen LogP contribution in [-0.4, -0.2) is 43.7 Å². The predicted octanol–water partition coefficient (Wildman–Crippen LogP) is 1.23. The van der Waals surface area contributed by atoms with Crippen molar-refractivity contribution in [3.63, 3.8) is 0 Å². The molecule has 1 aliphatic heterocycles. The van der Waals surface area contributed by atoms with Crippen molar-refractivity contribution in [1.82, 2.24) is 30.0 Å². The summed E-state index contributed by atoms with van der Waals surface area (Å²) in [4.78, 5) is 23.0. The second-order valence-electron chi connectivity index (χ2n) is 7.05. The molecule has 0 radical (unpaired) electrons. The van der Waals surface area contributed by atoms with Gasteiger partial charge in [-0.1, -0.05) is 19.8 Å². The van der Waals surface area contributed by atoms with Gasteiger partial charge in [0.1, 0.15) is 17.7 Å². The fourth-order valence-corrected chi connectivity index (χ4v) is 4.12. The van der Waals surface area contributed by atoms with Crippen molar-refractivity contribution >= 4 is 17.7 Å². The van der Waals surface area contributed by atoms with Gasteiger partial charge in [-0.05, 0) is 19.3 Å². The quantitative estimate of drug-likeness (QED) is 0.636. The molecule has 0 spiro atoms. The van der Waals surface area contributed by atoms with Gasteiger partial charge in [-0.3, -0.25) is 9.36 Å². The topological polar surface area (TPSA) is 127 Å². The molecule has 4 rings (SSSR count). The molecule has 10 nitrogen and oxygen atoms in total. The summed E-state index contributed by atoms with van der Waals surface area (Å²) in [6.07, 6.45) is 10.6. The maximum absolute atomic E-state index is 11.4. The van der Waals surface area contributed by atoms with Crippen LogP contribution in [0.5, 0.6) is 0 Å². The lowest BCUT2D eigenvalue weighted by Gasteiger charge is -2.40. The molecule has 0 saturated heterocycles. The number of likely N-dealkylation sites (N-methyl/N-ethyl adjacent to an activating group) is 1. The van der Waals surface area contributed by atoms with Gasteiger partial charge in [0, 0.05) is 19.3 Å². The van der Waals surface area contributed by atoms with E-state index in [1.54, 1.807) is 19.6 Å². The predicted molar refractivity (Wildman–Crippen MR) is 105 cm³/mol. The van der Waals surface area contributed by atoms with E-state index < -0.39 is 5.91 Å².